The lowest BCUT2D eigenvalue weighted by atomic mass is 10.2. The first-order valence-electron chi connectivity index (χ1n) is 10.8. The standard InChI is InChI=1S/C22H31FN6.HI/c1-2-25-22(27-18-9-11-28(15-18)19-5-3-4-6-19)26-14-17-7-8-21(20(23)13-17)29-12-10-24-16-29;/h7-8,10,12-13,16,18-19H,2-6,9,11,14-15H2,1H3,(H2,25,26,27);1H. The maximum absolute atomic E-state index is 14.5. The molecule has 6 nitrogen and oxygen atoms in total. The molecule has 1 saturated carbocycles. The summed E-state index contributed by atoms with van der Waals surface area (Å²) in [7, 11) is 0. The Bertz CT molecular complexity index is 819. The Morgan fingerprint density at radius 2 is 2.10 bits per heavy atom. The lowest BCUT2D eigenvalue weighted by molar-refractivity contribution is 0.242. The van der Waals surface area contributed by atoms with Crippen LogP contribution in [0.1, 0.15) is 44.6 Å². The van der Waals surface area contributed by atoms with E-state index in [2.05, 4.69) is 27.4 Å². The second kappa shape index (κ2) is 11.1. The molecule has 1 saturated heterocycles. The highest BCUT2D eigenvalue weighted by Gasteiger charge is 2.30. The Kier molecular flexibility index (Phi) is 8.50. The Hall–Kier alpha value is -1.68. The minimum atomic E-state index is -0.267. The summed E-state index contributed by atoms with van der Waals surface area (Å²) in [4.78, 5) is 11.3. The fourth-order valence-electron chi connectivity index (χ4n) is 4.45. The number of benzene rings is 1. The fraction of sp³-hybridized carbons (Fsp3) is 0.545. The molecule has 2 fully saturated rings. The summed E-state index contributed by atoms with van der Waals surface area (Å²) in [6.45, 7) is 5.57. The molecular weight excluding hydrogens is 494 g/mol. The first-order chi connectivity index (χ1) is 14.2. The van der Waals surface area contributed by atoms with Gasteiger partial charge in [-0.05, 0) is 43.9 Å². The Balaban J connectivity index is 0.00000256. The molecule has 2 heterocycles. The van der Waals surface area contributed by atoms with Gasteiger partial charge in [0.15, 0.2) is 5.96 Å². The van der Waals surface area contributed by atoms with Crippen LogP contribution in [0.25, 0.3) is 5.69 Å². The monoisotopic (exact) mass is 526 g/mol. The molecule has 2 aliphatic rings. The molecule has 0 spiro atoms. The summed E-state index contributed by atoms with van der Waals surface area (Å²) in [5.74, 6) is 0.543. The summed E-state index contributed by atoms with van der Waals surface area (Å²) >= 11 is 0. The number of aliphatic imine (C=N–C) groups is 1. The lowest BCUT2D eigenvalue weighted by Crippen LogP contribution is -2.45. The number of halogens is 2. The van der Waals surface area contributed by atoms with E-state index in [0.717, 1.165) is 37.1 Å². The van der Waals surface area contributed by atoms with Crippen LogP contribution < -0.4 is 10.6 Å². The number of rotatable bonds is 6. The molecule has 1 unspecified atom stereocenters. The van der Waals surface area contributed by atoms with Crippen molar-refractivity contribution < 1.29 is 4.39 Å². The van der Waals surface area contributed by atoms with Gasteiger partial charge in [0, 0.05) is 44.1 Å². The Labute approximate surface area is 195 Å². The number of hydrogen-bond donors (Lipinski definition) is 2. The molecule has 2 aromatic rings. The maximum atomic E-state index is 14.5. The number of imidazole rings is 1. The zero-order valence-corrected chi connectivity index (χ0v) is 19.9. The van der Waals surface area contributed by atoms with Crippen molar-refractivity contribution in [3.63, 3.8) is 0 Å². The van der Waals surface area contributed by atoms with E-state index in [0.29, 0.717) is 18.3 Å². The van der Waals surface area contributed by atoms with E-state index < -0.39 is 0 Å². The predicted molar refractivity (Wildman–Crippen MR) is 129 cm³/mol. The van der Waals surface area contributed by atoms with Crippen molar-refractivity contribution >= 4 is 29.9 Å². The van der Waals surface area contributed by atoms with Crippen LogP contribution in [0.4, 0.5) is 4.39 Å². The number of likely N-dealkylation sites (tertiary alicyclic amines) is 1. The molecule has 1 aromatic carbocycles. The number of nitrogens with zero attached hydrogens (tertiary/aromatic N) is 4. The third kappa shape index (κ3) is 5.72. The third-order valence-electron chi connectivity index (χ3n) is 5.96. The predicted octanol–water partition coefficient (Wildman–Crippen LogP) is 3.70. The fourth-order valence-corrected chi connectivity index (χ4v) is 4.45. The largest absolute Gasteiger partial charge is 0.357 e. The molecule has 2 N–H and O–H groups in total. The molecule has 0 radical (unpaired) electrons. The quantitative estimate of drug-likeness (QED) is 0.343. The first-order valence-corrected chi connectivity index (χ1v) is 10.8. The van der Waals surface area contributed by atoms with E-state index in [4.69, 9.17) is 4.99 Å². The average molecular weight is 526 g/mol. The van der Waals surface area contributed by atoms with Gasteiger partial charge in [0.2, 0.25) is 0 Å². The van der Waals surface area contributed by atoms with Gasteiger partial charge in [0.25, 0.3) is 0 Å². The Morgan fingerprint density at radius 1 is 1.27 bits per heavy atom. The maximum Gasteiger partial charge on any atom is 0.191 e. The molecule has 4 rings (SSSR count). The zero-order valence-electron chi connectivity index (χ0n) is 17.6. The van der Waals surface area contributed by atoms with Crippen molar-refractivity contribution in [2.75, 3.05) is 19.6 Å². The highest BCUT2D eigenvalue weighted by molar-refractivity contribution is 14.0. The number of hydrogen-bond acceptors (Lipinski definition) is 3. The van der Waals surface area contributed by atoms with Crippen LogP contribution in [0.3, 0.4) is 0 Å². The highest BCUT2D eigenvalue weighted by atomic mass is 127. The molecule has 1 atom stereocenters. The molecule has 1 aromatic heterocycles. The summed E-state index contributed by atoms with van der Waals surface area (Å²) < 4.78 is 16.1. The van der Waals surface area contributed by atoms with Crippen molar-refractivity contribution in [2.45, 2.75) is 57.7 Å². The molecule has 1 aliphatic carbocycles. The SMILES string of the molecule is CCNC(=NCc1ccc(-n2ccnc2)c(F)c1)NC1CCN(C2CCCC2)C1.I. The van der Waals surface area contributed by atoms with Gasteiger partial charge in [-0.1, -0.05) is 18.9 Å². The van der Waals surface area contributed by atoms with Crippen LogP contribution in [0.15, 0.2) is 41.9 Å². The van der Waals surface area contributed by atoms with E-state index >= 15 is 0 Å². The van der Waals surface area contributed by atoms with E-state index in [9.17, 15) is 4.39 Å². The van der Waals surface area contributed by atoms with E-state index in [-0.39, 0.29) is 29.8 Å². The van der Waals surface area contributed by atoms with Gasteiger partial charge in [0.1, 0.15) is 5.82 Å². The van der Waals surface area contributed by atoms with Crippen molar-refractivity contribution in [2.24, 2.45) is 4.99 Å². The lowest BCUT2D eigenvalue weighted by Gasteiger charge is -2.24. The molecule has 30 heavy (non-hydrogen) atoms. The van der Waals surface area contributed by atoms with E-state index in [1.54, 1.807) is 35.4 Å². The van der Waals surface area contributed by atoms with Crippen molar-refractivity contribution in [3.8, 4) is 5.69 Å². The number of nitrogens with one attached hydrogen (secondary N) is 2. The van der Waals surface area contributed by atoms with Gasteiger partial charge < -0.3 is 15.2 Å². The minimum absolute atomic E-state index is 0. The van der Waals surface area contributed by atoms with Gasteiger partial charge in [-0.3, -0.25) is 4.90 Å². The van der Waals surface area contributed by atoms with Gasteiger partial charge >= 0.3 is 0 Å². The second-order valence-electron chi connectivity index (χ2n) is 8.01. The number of guanidine groups is 1. The topological polar surface area (TPSA) is 57.5 Å². The smallest absolute Gasteiger partial charge is 0.191 e. The first kappa shape index (κ1) is 23.0. The van der Waals surface area contributed by atoms with Crippen LogP contribution in [-0.2, 0) is 6.54 Å². The summed E-state index contributed by atoms with van der Waals surface area (Å²) in [5.41, 5.74) is 1.35. The van der Waals surface area contributed by atoms with Gasteiger partial charge in [-0.15, -0.1) is 24.0 Å². The van der Waals surface area contributed by atoms with Gasteiger partial charge in [-0.25, -0.2) is 14.4 Å². The van der Waals surface area contributed by atoms with Crippen LogP contribution in [0, 0.1) is 5.82 Å². The van der Waals surface area contributed by atoms with E-state index in [1.807, 2.05) is 6.07 Å². The number of aromatic nitrogens is 2. The molecule has 1 aliphatic heterocycles. The average Bonchev–Trinajstić information content (AvgIpc) is 3.48. The molecule has 164 valence electrons. The van der Waals surface area contributed by atoms with Gasteiger partial charge in [0.05, 0.1) is 18.6 Å². The summed E-state index contributed by atoms with van der Waals surface area (Å²) in [6, 6.07) is 6.45. The van der Waals surface area contributed by atoms with Crippen molar-refractivity contribution in [1.29, 1.82) is 0 Å². The van der Waals surface area contributed by atoms with E-state index in [1.165, 1.54) is 32.2 Å². The summed E-state index contributed by atoms with van der Waals surface area (Å²) in [5, 5.41) is 6.91. The second-order valence-corrected chi connectivity index (χ2v) is 8.01. The normalized spacial score (nSPS) is 20.3. The molecule has 0 amide bonds. The van der Waals surface area contributed by atoms with Crippen LogP contribution in [0.5, 0.6) is 0 Å². The minimum Gasteiger partial charge on any atom is -0.357 e. The Morgan fingerprint density at radius 3 is 2.80 bits per heavy atom. The van der Waals surface area contributed by atoms with Crippen molar-refractivity contribution in [1.82, 2.24) is 25.1 Å². The zero-order chi connectivity index (χ0) is 20.1. The third-order valence-corrected chi connectivity index (χ3v) is 5.96. The van der Waals surface area contributed by atoms with Crippen LogP contribution in [-0.4, -0.2) is 52.1 Å². The molecular formula is C22H32FIN6. The highest BCUT2D eigenvalue weighted by Crippen LogP contribution is 2.26. The molecule has 8 heteroatoms. The summed E-state index contributed by atoms with van der Waals surface area (Å²) in [6.07, 6.45) is 11.6. The van der Waals surface area contributed by atoms with Crippen LogP contribution in [0.2, 0.25) is 0 Å². The van der Waals surface area contributed by atoms with Crippen molar-refractivity contribution in [3.05, 3.63) is 48.3 Å². The molecule has 0 bridgehead atoms. The van der Waals surface area contributed by atoms with Gasteiger partial charge in [-0.2, -0.15) is 0 Å². The van der Waals surface area contributed by atoms with Crippen LogP contribution >= 0.6 is 24.0 Å².